The predicted molar refractivity (Wildman–Crippen MR) is 74.0 cm³/mol. The molecule has 1 rings (SSSR count). The average Bonchev–Trinajstić information content (AvgIpc) is 2.76. The molecular formula is C14H20O4S. The molecule has 1 aromatic heterocycles. The van der Waals surface area contributed by atoms with Crippen molar-refractivity contribution >= 4 is 23.3 Å². The number of rotatable bonds is 6. The average molecular weight is 284 g/mol. The molecule has 4 nitrogen and oxygen atoms in total. The Labute approximate surface area is 117 Å². The molecule has 0 bridgehead atoms. The number of thiophene rings is 1. The number of carbonyl (C=O) groups is 2. The molecular weight excluding hydrogens is 264 g/mol. The van der Waals surface area contributed by atoms with Gasteiger partial charge in [0.15, 0.2) is 5.92 Å². The SMILES string of the molecule is CC(C)OC(=O)C(Cc1cccs1)C(=O)OC(C)C. The highest BCUT2D eigenvalue weighted by Gasteiger charge is 2.31. The van der Waals surface area contributed by atoms with Crippen LogP contribution in [0.15, 0.2) is 17.5 Å². The molecule has 0 aliphatic rings. The first-order valence-electron chi connectivity index (χ1n) is 6.33. The van der Waals surface area contributed by atoms with E-state index in [1.165, 1.54) is 11.3 Å². The van der Waals surface area contributed by atoms with E-state index in [1.807, 2.05) is 17.5 Å². The molecule has 106 valence electrons. The van der Waals surface area contributed by atoms with Gasteiger partial charge in [-0.2, -0.15) is 0 Å². The third-order valence-corrected chi connectivity index (χ3v) is 3.16. The fourth-order valence-corrected chi connectivity index (χ4v) is 2.27. The fourth-order valence-electron chi connectivity index (χ4n) is 1.52. The first-order valence-corrected chi connectivity index (χ1v) is 7.21. The first kappa shape index (κ1) is 15.7. The summed E-state index contributed by atoms with van der Waals surface area (Å²) < 4.78 is 10.3. The van der Waals surface area contributed by atoms with Crippen LogP contribution in [0.3, 0.4) is 0 Å². The molecule has 0 aliphatic heterocycles. The zero-order valence-corrected chi connectivity index (χ0v) is 12.5. The lowest BCUT2D eigenvalue weighted by atomic mass is 10.0. The maximum atomic E-state index is 12.0. The minimum absolute atomic E-state index is 0.245. The van der Waals surface area contributed by atoms with E-state index in [2.05, 4.69) is 0 Å². The van der Waals surface area contributed by atoms with Crippen molar-refractivity contribution in [1.82, 2.24) is 0 Å². The van der Waals surface area contributed by atoms with Gasteiger partial charge in [-0.25, -0.2) is 0 Å². The Bertz CT molecular complexity index is 387. The number of hydrogen-bond acceptors (Lipinski definition) is 5. The summed E-state index contributed by atoms with van der Waals surface area (Å²) in [7, 11) is 0. The number of carbonyl (C=O) groups excluding carboxylic acids is 2. The molecule has 1 heterocycles. The summed E-state index contributed by atoms with van der Waals surface area (Å²) in [5.41, 5.74) is 0. The van der Waals surface area contributed by atoms with Gasteiger partial charge in [0.2, 0.25) is 0 Å². The topological polar surface area (TPSA) is 52.6 Å². The molecule has 0 aromatic carbocycles. The third-order valence-electron chi connectivity index (χ3n) is 2.26. The van der Waals surface area contributed by atoms with Crippen LogP contribution >= 0.6 is 11.3 Å². The highest BCUT2D eigenvalue weighted by molar-refractivity contribution is 7.09. The van der Waals surface area contributed by atoms with Crippen molar-refractivity contribution in [2.24, 2.45) is 5.92 Å². The predicted octanol–water partition coefficient (Wildman–Crippen LogP) is 2.81. The zero-order chi connectivity index (χ0) is 14.4. The van der Waals surface area contributed by atoms with Crippen LogP contribution in [0.2, 0.25) is 0 Å². The van der Waals surface area contributed by atoms with Gasteiger partial charge < -0.3 is 9.47 Å². The zero-order valence-electron chi connectivity index (χ0n) is 11.7. The molecule has 0 spiro atoms. The Balaban J connectivity index is 2.77. The lowest BCUT2D eigenvalue weighted by Gasteiger charge is -2.17. The Hall–Kier alpha value is -1.36. The Morgan fingerprint density at radius 2 is 1.63 bits per heavy atom. The van der Waals surface area contributed by atoms with Crippen LogP contribution in [0.4, 0.5) is 0 Å². The summed E-state index contributed by atoms with van der Waals surface area (Å²) in [6, 6.07) is 3.78. The fraction of sp³-hybridized carbons (Fsp3) is 0.571. The Morgan fingerprint density at radius 3 is 2.00 bits per heavy atom. The van der Waals surface area contributed by atoms with Gasteiger partial charge in [-0.15, -0.1) is 11.3 Å². The lowest BCUT2D eigenvalue weighted by Crippen LogP contribution is -2.32. The largest absolute Gasteiger partial charge is 0.462 e. The molecule has 0 atom stereocenters. The van der Waals surface area contributed by atoms with E-state index in [4.69, 9.17) is 9.47 Å². The minimum Gasteiger partial charge on any atom is -0.462 e. The normalized spacial score (nSPS) is 11.1. The molecule has 0 saturated heterocycles. The van der Waals surface area contributed by atoms with E-state index in [0.717, 1.165) is 4.88 Å². The van der Waals surface area contributed by atoms with Crippen molar-refractivity contribution < 1.29 is 19.1 Å². The van der Waals surface area contributed by atoms with Crippen LogP contribution in [-0.2, 0) is 25.5 Å². The van der Waals surface area contributed by atoms with Crippen molar-refractivity contribution in [2.75, 3.05) is 0 Å². The van der Waals surface area contributed by atoms with Gasteiger partial charge in [-0.3, -0.25) is 9.59 Å². The highest BCUT2D eigenvalue weighted by Crippen LogP contribution is 2.18. The van der Waals surface area contributed by atoms with Crippen molar-refractivity contribution in [3.8, 4) is 0 Å². The molecule has 0 N–H and O–H groups in total. The second kappa shape index (κ2) is 7.28. The summed E-state index contributed by atoms with van der Waals surface area (Å²) in [6.45, 7) is 7.03. The second-order valence-corrected chi connectivity index (χ2v) is 5.84. The van der Waals surface area contributed by atoms with Crippen LogP contribution in [-0.4, -0.2) is 24.1 Å². The lowest BCUT2D eigenvalue weighted by molar-refractivity contribution is -0.166. The van der Waals surface area contributed by atoms with Gasteiger partial charge in [-0.05, 0) is 39.1 Å². The number of esters is 2. The quantitative estimate of drug-likeness (QED) is 0.595. The molecule has 5 heteroatoms. The van der Waals surface area contributed by atoms with Gasteiger partial charge >= 0.3 is 11.9 Å². The van der Waals surface area contributed by atoms with Gasteiger partial charge in [0.1, 0.15) is 0 Å². The van der Waals surface area contributed by atoms with Crippen molar-refractivity contribution in [3.63, 3.8) is 0 Å². The van der Waals surface area contributed by atoms with Crippen molar-refractivity contribution in [2.45, 2.75) is 46.3 Å². The maximum Gasteiger partial charge on any atom is 0.320 e. The molecule has 1 aromatic rings. The van der Waals surface area contributed by atoms with Crippen LogP contribution < -0.4 is 0 Å². The van der Waals surface area contributed by atoms with Crippen LogP contribution in [0.5, 0.6) is 0 Å². The smallest absolute Gasteiger partial charge is 0.320 e. The molecule has 0 amide bonds. The number of ether oxygens (including phenoxy) is 2. The molecule has 0 radical (unpaired) electrons. The summed E-state index contributed by atoms with van der Waals surface area (Å²) in [5, 5.41) is 1.91. The number of hydrogen-bond donors (Lipinski definition) is 0. The summed E-state index contributed by atoms with van der Waals surface area (Å²) in [6.07, 6.45) is -0.162. The molecule has 19 heavy (non-hydrogen) atoms. The highest BCUT2D eigenvalue weighted by atomic mass is 32.1. The minimum atomic E-state index is -0.886. The first-order chi connectivity index (χ1) is 8.90. The Kier molecular flexibility index (Phi) is 6.02. The van der Waals surface area contributed by atoms with E-state index in [1.54, 1.807) is 27.7 Å². The summed E-state index contributed by atoms with van der Waals surface area (Å²) in [4.78, 5) is 24.9. The van der Waals surface area contributed by atoms with Crippen molar-refractivity contribution in [1.29, 1.82) is 0 Å². The Morgan fingerprint density at radius 1 is 1.11 bits per heavy atom. The van der Waals surface area contributed by atoms with Crippen LogP contribution in [0.1, 0.15) is 32.6 Å². The van der Waals surface area contributed by atoms with E-state index in [0.29, 0.717) is 6.42 Å². The van der Waals surface area contributed by atoms with Crippen molar-refractivity contribution in [3.05, 3.63) is 22.4 Å². The summed E-state index contributed by atoms with van der Waals surface area (Å²) in [5.74, 6) is -1.92. The second-order valence-electron chi connectivity index (χ2n) is 4.81. The van der Waals surface area contributed by atoms with Gasteiger partial charge in [0.05, 0.1) is 12.2 Å². The molecule has 0 aliphatic carbocycles. The third kappa shape index (κ3) is 5.42. The van der Waals surface area contributed by atoms with E-state index in [-0.39, 0.29) is 12.2 Å². The van der Waals surface area contributed by atoms with E-state index < -0.39 is 17.9 Å². The van der Waals surface area contributed by atoms with Gasteiger partial charge in [0.25, 0.3) is 0 Å². The van der Waals surface area contributed by atoms with Gasteiger partial charge in [-0.1, -0.05) is 6.07 Å². The maximum absolute atomic E-state index is 12.0. The van der Waals surface area contributed by atoms with Crippen LogP contribution in [0.25, 0.3) is 0 Å². The van der Waals surface area contributed by atoms with Gasteiger partial charge in [0, 0.05) is 11.3 Å². The van der Waals surface area contributed by atoms with E-state index in [9.17, 15) is 9.59 Å². The standard InChI is InChI=1S/C14H20O4S/c1-9(2)17-13(15)12(14(16)18-10(3)4)8-11-6-5-7-19-11/h5-7,9-10,12H,8H2,1-4H3. The molecule has 0 unspecified atom stereocenters. The summed E-state index contributed by atoms with van der Waals surface area (Å²) >= 11 is 1.51. The monoisotopic (exact) mass is 284 g/mol. The van der Waals surface area contributed by atoms with Crippen LogP contribution in [0, 0.1) is 5.92 Å². The molecule has 0 saturated carbocycles. The molecule has 0 fully saturated rings. The van der Waals surface area contributed by atoms with E-state index >= 15 is 0 Å².